The van der Waals surface area contributed by atoms with Crippen LogP contribution in [0.5, 0.6) is 0 Å². The van der Waals surface area contributed by atoms with Gasteiger partial charge in [-0.15, -0.1) is 0 Å². The predicted molar refractivity (Wildman–Crippen MR) is 79.8 cm³/mol. The Morgan fingerprint density at radius 1 is 0.955 bits per heavy atom. The van der Waals surface area contributed by atoms with E-state index >= 15 is 0 Å². The van der Waals surface area contributed by atoms with Crippen molar-refractivity contribution in [2.24, 2.45) is 5.73 Å². The van der Waals surface area contributed by atoms with Gasteiger partial charge in [-0.05, 0) is 34.6 Å². The molecule has 0 aromatic rings. The third-order valence-corrected chi connectivity index (χ3v) is 3.20. The zero-order valence-electron chi connectivity index (χ0n) is 13.6. The number of hydrogen-bond acceptors (Lipinski definition) is 6. The largest absolute Gasteiger partial charge is 0.455 e. The molecule has 7 nitrogen and oxygen atoms in total. The molecule has 2 N–H and O–H groups in total. The SMILES string of the molecule is C=C(C)C(=O)OC(C)C(C)(OC(=O)C(=C)C)C(C)OC(N)=O. The Hall–Kier alpha value is -2.31. The molecule has 0 aliphatic rings. The van der Waals surface area contributed by atoms with Crippen LogP contribution < -0.4 is 5.73 Å². The fourth-order valence-corrected chi connectivity index (χ4v) is 1.45. The first-order valence-electron chi connectivity index (χ1n) is 6.63. The van der Waals surface area contributed by atoms with Crippen molar-refractivity contribution in [2.75, 3.05) is 0 Å². The Bertz CT molecular complexity index is 498. The zero-order valence-corrected chi connectivity index (χ0v) is 13.6. The Kier molecular flexibility index (Phi) is 6.83. The molecular weight excluding hydrogens is 290 g/mol. The van der Waals surface area contributed by atoms with Crippen LogP contribution in [0.25, 0.3) is 0 Å². The third-order valence-electron chi connectivity index (χ3n) is 3.20. The van der Waals surface area contributed by atoms with Crippen molar-refractivity contribution in [2.45, 2.75) is 52.4 Å². The summed E-state index contributed by atoms with van der Waals surface area (Å²) in [7, 11) is 0. The van der Waals surface area contributed by atoms with Crippen molar-refractivity contribution >= 4 is 18.0 Å². The van der Waals surface area contributed by atoms with Crippen molar-refractivity contribution in [3.8, 4) is 0 Å². The number of rotatable bonds is 7. The molecule has 0 spiro atoms. The van der Waals surface area contributed by atoms with Gasteiger partial charge < -0.3 is 19.9 Å². The maximum Gasteiger partial charge on any atom is 0.404 e. The number of carbonyl (C=O) groups is 3. The first kappa shape index (κ1) is 19.7. The summed E-state index contributed by atoms with van der Waals surface area (Å²) in [4.78, 5) is 34.4. The van der Waals surface area contributed by atoms with Gasteiger partial charge in [0.05, 0.1) is 0 Å². The molecule has 3 atom stereocenters. The standard InChI is InChI=1S/C15H23NO6/c1-8(2)12(17)20-10(5)15(7,11(6)21-14(16)19)22-13(18)9(3)4/h10-11H,1,3H2,2,4-7H3,(H2,16,19). The minimum absolute atomic E-state index is 0.149. The molecule has 124 valence electrons. The summed E-state index contributed by atoms with van der Waals surface area (Å²) in [5.41, 5.74) is 3.87. The molecule has 0 heterocycles. The second-order valence-electron chi connectivity index (χ2n) is 5.26. The number of hydrogen-bond donors (Lipinski definition) is 1. The van der Waals surface area contributed by atoms with Crippen molar-refractivity contribution in [1.82, 2.24) is 0 Å². The van der Waals surface area contributed by atoms with Gasteiger partial charge in [-0.25, -0.2) is 14.4 Å². The first-order valence-corrected chi connectivity index (χ1v) is 6.63. The molecule has 3 unspecified atom stereocenters. The van der Waals surface area contributed by atoms with E-state index in [9.17, 15) is 14.4 Å². The van der Waals surface area contributed by atoms with Gasteiger partial charge in [-0.1, -0.05) is 13.2 Å². The van der Waals surface area contributed by atoms with Crippen LogP contribution in [0, 0.1) is 0 Å². The summed E-state index contributed by atoms with van der Waals surface area (Å²) in [5.74, 6) is -1.36. The highest BCUT2D eigenvalue weighted by Crippen LogP contribution is 2.27. The van der Waals surface area contributed by atoms with E-state index in [1.54, 1.807) is 0 Å². The van der Waals surface area contributed by atoms with E-state index in [1.807, 2.05) is 0 Å². The fraction of sp³-hybridized carbons (Fsp3) is 0.533. The number of primary amides is 1. The lowest BCUT2D eigenvalue weighted by atomic mass is 9.93. The summed E-state index contributed by atoms with van der Waals surface area (Å²) in [6.45, 7) is 14.3. The number of ether oxygens (including phenoxy) is 3. The Morgan fingerprint density at radius 2 is 1.36 bits per heavy atom. The molecule has 0 bridgehead atoms. The second-order valence-corrected chi connectivity index (χ2v) is 5.26. The molecule has 0 saturated carbocycles. The van der Waals surface area contributed by atoms with Gasteiger partial charge in [0, 0.05) is 11.1 Å². The lowest BCUT2D eigenvalue weighted by Gasteiger charge is -2.38. The average molecular weight is 313 g/mol. The quantitative estimate of drug-likeness (QED) is 0.437. The van der Waals surface area contributed by atoms with Crippen molar-refractivity contribution < 1.29 is 28.6 Å². The van der Waals surface area contributed by atoms with Crippen molar-refractivity contribution in [3.05, 3.63) is 24.3 Å². The lowest BCUT2D eigenvalue weighted by Crippen LogP contribution is -2.54. The van der Waals surface area contributed by atoms with Crippen LogP contribution in [-0.2, 0) is 23.8 Å². The smallest absolute Gasteiger partial charge is 0.404 e. The molecule has 0 radical (unpaired) electrons. The number of carbonyl (C=O) groups excluding carboxylic acids is 3. The normalized spacial score (nSPS) is 15.7. The van der Waals surface area contributed by atoms with Gasteiger partial charge in [0.1, 0.15) is 12.2 Å². The molecule has 22 heavy (non-hydrogen) atoms. The van der Waals surface area contributed by atoms with E-state index in [1.165, 1.54) is 34.6 Å². The van der Waals surface area contributed by atoms with Gasteiger partial charge in [0.15, 0.2) is 5.60 Å². The zero-order chi connectivity index (χ0) is 17.7. The number of amides is 1. The third kappa shape index (κ3) is 5.23. The predicted octanol–water partition coefficient (Wildman–Crippen LogP) is 1.86. The van der Waals surface area contributed by atoms with E-state index < -0.39 is 35.8 Å². The molecule has 0 rings (SSSR count). The summed E-state index contributed by atoms with van der Waals surface area (Å²) >= 11 is 0. The maximum atomic E-state index is 11.8. The van der Waals surface area contributed by atoms with Gasteiger partial charge in [0.25, 0.3) is 0 Å². The van der Waals surface area contributed by atoms with Gasteiger partial charge >= 0.3 is 18.0 Å². The maximum absolute atomic E-state index is 11.8. The molecule has 0 aromatic heterocycles. The highest BCUT2D eigenvalue weighted by atomic mass is 16.6. The molecular formula is C15H23NO6. The Morgan fingerprint density at radius 3 is 1.73 bits per heavy atom. The highest BCUT2D eigenvalue weighted by molar-refractivity contribution is 5.88. The molecule has 0 aliphatic carbocycles. The van der Waals surface area contributed by atoms with Crippen molar-refractivity contribution in [3.63, 3.8) is 0 Å². The van der Waals surface area contributed by atoms with Crippen LogP contribution in [0.15, 0.2) is 24.3 Å². The molecule has 0 fully saturated rings. The number of nitrogens with two attached hydrogens (primary N) is 1. The van der Waals surface area contributed by atoms with E-state index in [4.69, 9.17) is 19.9 Å². The molecule has 0 aliphatic heterocycles. The van der Waals surface area contributed by atoms with Gasteiger partial charge in [-0.3, -0.25) is 0 Å². The van der Waals surface area contributed by atoms with E-state index in [0.717, 1.165) is 0 Å². The average Bonchev–Trinajstić information content (AvgIpc) is 2.36. The monoisotopic (exact) mass is 313 g/mol. The summed E-state index contributed by atoms with van der Waals surface area (Å²) in [6, 6.07) is 0. The topological polar surface area (TPSA) is 105 Å². The minimum atomic E-state index is -1.45. The van der Waals surface area contributed by atoms with E-state index in [-0.39, 0.29) is 11.1 Å². The highest BCUT2D eigenvalue weighted by Gasteiger charge is 2.45. The van der Waals surface area contributed by atoms with Gasteiger partial charge in [0.2, 0.25) is 0 Å². The molecule has 0 saturated heterocycles. The summed E-state index contributed by atoms with van der Waals surface area (Å²) in [6.07, 6.45) is -2.92. The molecule has 0 aromatic carbocycles. The number of esters is 2. The van der Waals surface area contributed by atoms with Crippen LogP contribution >= 0.6 is 0 Å². The van der Waals surface area contributed by atoms with Crippen LogP contribution in [0.3, 0.4) is 0 Å². The van der Waals surface area contributed by atoms with Crippen LogP contribution in [-0.4, -0.2) is 35.8 Å². The second kappa shape index (κ2) is 7.63. The van der Waals surface area contributed by atoms with Crippen LogP contribution in [0.2, 0.25) is 0 Å². The van der Waals surface area contributed by atoms with E-state index in [0.29, 0.717) is 0 Å². The minimum Gasteiger partial charge on any atom is -0.455 e. The van der Waals surface area contributed by atoms with Gasteiger partial charge in [-0.2, -0.15) is 0 Å². The van der Waals surface area contributed by atoms with Crippen molar-refractivity contribution in [1.29, 1.82) is 0 Å². The van der Waals surface area contributed by atoms with Crippen LogP contribution in [0.4, 0.5) is 4.79 Å². The lowest BCUT2D eigenvalue weighted by molar-refractivity contribution is -0.193. The molecule has 7 heteroatoms. The molecule has 1 amide bonds. The van der Waals surface area contributed by atoms with E-state index in [2.05, 4.69) is 13.2 Å². The fourth-order valence-electron chi connectivity index (χ4n) is 1.45. The first-order chi connectivity index (χ1) is 9.91. The summed E-state index contributed by atoms with van der Waals surface area (Å²) in [5, 5.41) is 0. The Labute approximate surface area is 130 Å². The Balaban J connectivity index is 5.42. The van der Waals surface area contributed by atoms with Crippen LogP contribution in [0.1, 0.15) is 34.6 Å². The summed E-state index contributed by atoms with van der Waals surface area (Å²) < 4.78 is 15.4.